The van der Waals surface area contributed by atoms with Crippen LogP contribution in [0.4, 0.5) is 5.69 Å². The molecule has 1 aliphatic rings. The lowest BCUT2D eigenvalue weighted by Gasteiger charge is -2.14. The first-order valence-corrected chi connectivity index (χ1v) is 13.0. The van der Waals surface area contributed by atoms with Gasteiger partial charge in [0.05, 0.1) is 17.4 Å². The minimum Gasteiger partial charge on any atom is -0.319 e. The van der Waals surface area contributed by atoms with Crippen molar-refractivity contribution in [2.75, 3.05) is 39.5 Å². The number of hydrogen-bond donors (Lipinski definition) is 2. The summed E-state index contributed by atoms with van der Waals surface area (Å²) in [6, 6.07) is 12.1. The minimum absolute atomic E-state index is 0.260. The van der Waals surface area contributed by atoms with Crippen molar-refractivity contribution < 1.29 is 4.79 Å². The third-order valence-electron chi connectivity index (χ3n) is 7.06. The van der Waals surface area contributed by atoms with Crippen LogP contribution in [0.5, 0.6) is 0 Å². The fourth-order valence-corrected chi connectivity index (χ4v) is 5.08. The largest absolute Gasteiger partial charge is 0.319 e. The van der Waals surface area contributed by atoms with Crippen LogP contribution in [0.25, 0.3) is 22.0 Å². The van der Waals surface area contributed by atoms with Crippen molar-refractivity contribution in [3.63, 3.8) is 0 Å². The smallest absolute Gasteiger partial charge is 0.276 e. The van der Waals surface area contributed by atoms with E-state index in [9.17, 15) is 4.79 Å². The highest BCUT2D eigenvalue weighted by Crippen LogP contribution is 2.27. The normalized spacial score (nSPS) is 16.7. The van der Waals surface area contributed by atoms with Crippen molar-refractivity contribution in [3.8, 4) is 11.1 Å². The van der Waals surface area contributed by atoms with E-state index >= 15 is 0 Å². The number of anilines is 1. The second kappa shape index (κ2) is 11.2. The van der Waals surface area contributed by atoms with Crippen molar-refractivity contribution in [2.45, 2.75) is 32.2 Å². The molecule has 5 rings (SSSR count). The van der Waals surface area contributed by atoms with Crippen LogP contribution in [0.15, 0.2) is 55.0 Å². The summed E-state index contributed by atoms with van der Waals surface area (Å²) in [5.74, 6) is 0.408. The Morgan fingerprint density at radius 3 is 2.78 bits per heavy atom. The van der Waals surface area contributed by atoms with Gasteiger partial charge in [-0.15, -0.1) is 0 Å². The van der Waals surface area contributed by atoms with Gasteiger partial charge in [0.25, 0.3) is 5.91 Å². The Morgan fingerprint density at radius 2 is 1.97 bits per heavy atom. The molecule has 0 spiro atoms. The first-order chi connectivity index (χ1) is 17.9. The average Bonchev–Trinajstić information content (AvgIpc) is 3.21. The Bertz CT molecular complexity index is 1360. The Hall–Kier alpha value is -3.62. The summed E-state index contributed by atoms with van der Waals surface area (Å²) in [6.45, 7) is 3.14. The van der Waals surface area contributed by atoms with Gasteiger partial charge < -0.3 is 15.1 Å². The SMILES string of the molecule is CN(C)Cc1cncc(-c2ccc3[nH]nc(C(=O)Nc4ccc(CC5CCCN(C)CC5)nc4)c3c2)c1. The standard InChI is InChI=1S/C29H35N7O/c1-35(2)19-21-13-23(17-30-16-21)22-6-9-27-26(15-22)28(34-33-27)29(37)32-25-8-7-24(31-18-25)14-20-5-4-11-36(3)12-10-20/h6-9,13,15-18,20H,4-5,10-12,14,19H2,1-3H3,(H,32,37)(H,33,34). The van der Waals surface area contributed by atoms with Gasteiger partial charge >= 0.3 is 0 Å². The van der Waals surface area contributed by atoms with Gasteiger partial charge in [-0.3, -0.25) is 19.9 Å². The van der Waals surface area contributed by atoms with Gasteiger partial charge in [0.1, 0.15) is 0 Å². The highest BCUT2D eigenvalue weighted by atomic mass is 16.1. The molecule has 4 heterocycles. The molecule has 0 saturated carbocycles. The van der Waals surface area contributed by atoms with Crippen LogP contribution in [0.2, 0.25) is 0 Å². The number of nitrogens with zero attached hydrogens (tertiary/aromatic N) is 5. The summed E-state index contributed by atoms with van der Waals surface area (Å²) in [5.41, 5.74) is 6.06. The molecule has 4 aromatic rings. The third kappa shape index (κ3) is 6.21. The molecular formula is C29H35N7O. The predicted molar refractivity (Wildman–Crippen MR) is 147 cm³/mol. The maximum Gasteiger partial charge on any atom is 0.276 e. The molecule has 0 bridgehead atoms. The number of nitrogens with one attached hydrogen (secondary N) is 2. The number of benzene rings is 1. The molecule has 3 aromatic heterocycles. The molecule has 1 amide bonds. The number of amides is 1. The van der Waals surface area contributed by atoms with Crippen LogP contribution in [-0.2, 0) is 13.0 Å². The van der Waals surface area contributed by atoms with E-state index in [1.807, 2.05) is 56.8 Å². The van der Waals surface area contributed by atoms with Crippen molar-refractivity contribution in [3.05, 3.63) is 71.9 Å². The second-order valence-corrected chi connectivity index (χ2v) is 10.4. The number of fused-ring (bicyclic) bond motifs is 1. The molecule has 1 aromatic carbocycles. The molecule has 1 fully saturated rings. The number of carbonyl (C=O) groups excluding carboxylic acids is 1. The van der Waals surface area contributed by atoms with Crippen LogP contribution in [0.1, 0.15) is 41.0 Å². The number of aromatic nitrogens is 4. The molecule has 1 saturated heterocycles. The number of carbonyl (C=O) groups is 1. The molecule has 8 heteroatoms. The van der Waals surface area contributed by atoms with Gasteiger partial charge in [-0.2, -0.15) is 5.10 Å². The van der Waals surface area contributed by atoms with Gasteiger partial charge in [0, 0.05) is 35.6 Å². The van der Waals surface area contributed by atoms with E-state index in [2.05, 4.69) is 48.4 Å². The minimum atomic E-state index is -0.260. The summed E-state index contributed by atoms with van der Waals surface area (Å²) in [4.78, 5) is 26.7. The number of pyridine rings is 2. The van der Waals surface area contributed by atoms with Crippen LogP contribution in [0.3, 0.4) is 0 Å². The number of H-pyrrole nitrogens is 1. The Labute approximate surface area is 218 Å². The monoisotopic (exact) mass is 497 g/mol. The summed E-state index contributed by atoms with van der Waals surface area (Å²) in [6.07, 6.45) is 10.2. The molecule has 1 aliphatic heterocycles. The molecule has 192 valence electrons. The van der Waals surface area contributed by atoms with E-state index in [4.69, 9.17) is 0 Å². The van der Waals surface area contributed by atoms with Crippen LogP contribution < -0.4 is 5.32 Å². The maximum absolute atomic E-state index is 13.1. The zero-order chi connectivity index (χ0) is 25.8. The van der Waals surface area contributed by atoms with E-state index in [-0.39, 0.29) is 5.91 Å². The van der Waals surface area contributed by atoms with Crippen molar-refractivity contribution in [2.24, 2.45) is 5.92 Å². The number of likely N-dealkylation sites (tertiary alicyclic amines) is 1. The van der Waals surface area contributed by atoms with Crippen molar-refractivity contribution in [1.82, 2.24) is 30.0 Å². The fraction of sp³-hybridized carbons (Fsp3) is 0.379. The maximum atomic E-state index is 13.1. The number of rotatable bonds is 7. The van der Waals surface area contributed by atoms with Crippen molar-refractivity contribution in [1.29, 1.82) is 0 Å². The first kappa shape index (κ1) is 25.0. The second-order valence-electron chi connectivity index (χ2n) is 10.4. The van der Waals surface area contributed by atoms with Crippen molar-refractivity contribution >= 4 is 22.5 Å². The summed E-state index contributed by atoms with van der Waals surface area (Å²) < 4.78 is 0. The van der Waals surface area contributed by atoms with Gasteiger partial charge in [0.15, 0.2) is 5.69 Å². The highest BCUT2D eigenvalue weighted by Gasteiger charge is 2.18. The molecule has 0 radical (unpaired) electrons. The lowest BCUT2D eigenvalue weighted by molar-refractivity contribution is 0.102. The molecular weight excluding hydrogens is 462 g/mol. The van der Waals surface area contributed by atoms with Crippen LogP contribution in [-0.4, -0.2) is 70.1 Å². The molecule has 1 atom stereocenters. The van der Waals surface area contributed by atoms with Gasteiger partial charge in [-0.1, -0.05) is 6.07 Å². The Kier molecular flexibility index (Phi) is 7.58. The third-order valence-corrected chi connectivity index (χ3v) is 7.06. The predicted octanol–water partition coefficient (Wildman–Crippen LogP) is 4.61. The Balaban J connectivity index is 1.29. The van der Waals surface area contributed by atoms with E-state index < -0.39 is 0 Å². The summed E-state index contributed by atoms with van der Waals surface area (Å²) in [5, 5.41) is 11.0. The lowest BCUT2D eigenvalue weighted by Crippen LogP contribution is -2.19. The molecule has 2 N–H and O–H groups in total. The molecule has 37 heavy (non-hydrogen) atoms. The average molecular weight is 498 g/mol. The zero-order valence-corrected chi connectivity index (χ0v) is 21.9. The molecule has 8 nitrogen and oxygen atoms in total. The van der Waals surface area contributed by atoms with Crippen LogP contribution in [0, 0.1) is 5.92 Å². The van der Waals surface area contributed by atoms with Gasteiger partial charge in [-0.05, 0) is 107 Å². The van der Waals surface area contributed by atoms with E-state index in [0.29, 0.717) is 17.3 Å². The zero-order valence-electron chi connectivity index (χ0n) is 21.9. The van der Waals surface area contributed by atoms with E-state index in [1.165, 1.54) is 25.8 Å². The summed E-state index contributed by atoms with van der Waals surface area (Å²) >= 11 is 0. The first-order valence-electron chi connectivity index (χ1n) is 13.0. The van der Waals surface area contributed by atoms with Gasteiger partial charge in [-0.25, -0.2) is 0 Å². The lowest BCUT2D eigenvalue weighted by atomic mass is 9.95. The number of hydrogen-bond acceptors (Lipinski definition) is 6. The topological polar surface area (TPSA) is 90.0 Å². The van der Waals surface area contributed by atoms with E-state index in [0.717, 1.165) is 52.8 Å². The molecule has 1 unspecified atom stereocenters. The highest BCUT2D eigenvalue weighted by molar-refractivity contribution is 6.11. The Morgan fingerprint density at radius 1 is 1.08 bits per heavy atom. The van der Waals surface area contributed by atoms with E-state index in [1.54, 1.807) is 6.20 Å². The molecule has 0 aliphatic carbocycles. The van der Waals surface area contributed by atoms with Crippen LogP contribution >= 0.6 is 0 Å². The summed E-state index contributed by atoms with van der Waals surface area (Å²) in [7, 11) is 6.27. The quantitative estimate of drug-likeness (QED) is 0.388. The van der Waals surface area contributed by atoms with Gasteiger partial charge in [0.2, 0.25) is 0 Å². The fourth-order valence-electron chi connectivity index (χ4n) is 5.08. The number of aromatic amines is 1.